The van der Waals surface area contributed by atoms with Crippen LogP contribution < -0.4 is 0 Å². The zero-order chi connectivity index (χ0) is 13.4. The van der Waals surface area contributed by atoms with Crippen LogP contribution in [0.25, 0.3) is 0 Å². The van der Waals surface area contributed by atoms with E-state index in [-0.39, 0.29) is 5.91 Å². The highest BCUT2D eigenvalue weighted by molar-refractivity contribution is 7.99. The maximum atomic E-state index is 12.6. The number of rotatable bonds is 2. The summed E-state index contributed by atoms with van der Waals surface area (Å²) in [4.78, 5) is 23.1. The third-order valence-corrected chi connectivity index (χ3v) is 5.31. The highest BCUT2D eigenvalue weighted by atomic mass is 32.2. The first kappa shape index (κ1) is 12.9. The fourth-order valence-corrected chi connectivity index (χ4v) is 4.12. The molecule has 2 saturated heterocycles. The van der Waals surface area contributed by atoms with E-state index in [9.17, 15) is 4.79 Å². The number of hydrogen-bond acceptors (Lipinski definition) is 4. The average molecular weight is 277 g/mol. The van der Waals surface area contributed by atoms with Gasteiger partial charge in [-0.2, -0.15) is 11.8 Å². The lowest BCUT2D eigenvalue weighted by atomic mass is 10.0. The predicted molar refractivity (Wildman–Crippen MR) is 76.3 cm³/mol. The van der Waals surface area contributed by atoms with Crippen LogP contribution in [0.1, 0.15) is 41.9 Å². The van der Waals surface area contributed by atoms with Crippen molar-refractivity contribution in [2.45, 2.75) is 49.9 Å². The molecule has 2 fully saturated rings. The lowest BCUT2D eigenvalue weighted by Gasteiger charge is -2.38. The SMILES string of the molecule is CSC1CC2CCC(C1)N2C(=O)c1cnc(C)cn1. The van der Waals surface area contributed by atoms with Crippen LogP contribution in [0.4, 0.5) is 0 Å². The molecule has 3 heterocycles. The molecular weight excluding hydrogens is 258 g/mol. The van der Waals surface area contributed by atoms with Gasteiger partial charge in [-0.1, -0.05) is 0 Å². The highest BCUT2D eigenvalue weighted by Crippen LogP contribution is 2.40. The molecule has 2 bridgehead atoms. The number of thioether (sulfide) groups is 1. The van der Waals surface area contributed by atoms with Crippen molar-refractivity contribution in [3.63, 3.8) is 0 Å². The molecular formula is C14H19N3OS. The first-order valence-corrected chi connectivity index (χ1v) is 8.12. The van der Waals surface area contributed by atoms with Crippen molar-refractivity contribution in [3.8, 4) is 0 Å². The lowest BCUT2D eigenvalue weighted by molar-refractivity contribution is 0.0595. The van der Waals surface area contributed by atoms with Crippen molar-refractivity contribution in [1.29, 1.82) is 0 Å². The number of aromatic nitrogens is 2. The van der Waals surface area contributed by atoms with Crippen molar-refractivity contribution in [1.82, 2.24) is 14.9 Å². The Balaban J connectivity index is 1.80. The first-order valence-electron chi connectivity index (χ1n) is 6.83. The van der Waals surface area contributed by atoms with Crippen LogP contribution in [-0.2, 0) is 0 Å². The van der Waals surface area contributed by atoms with Crippen molar-refractivity contribution in [3.05, 3.63) is 23.8 Å². The van der Waals surface area contributed by atoms with Crippen molar-refractivity contribution < 1.29 is 4.79 Å². The molecule has 0 saturated carbocycles. The molecule has 0 aliphatic carbocycles. The van der Waals surface area contributed by atoms with Crippen LogP contribution in [0.15, 0.2) is 12.4 Å². The Hall–Kier alpha value is -1.10. The Morgan fingerprint density at radius 1 is 1.26 bits per heavy atom. The topological polar surface area (TPSA) is 46.1 Å². The Labute approximate surface area is 118 Å². The fraction of sp³-hybridized carbons (Fsp3) is 0.643. The minimum Gasteiger partial charge on any atom is -0.331 e. The fourth-order valence-electron chi connectivity index (χ4n) is 3.29. The molecule has 19 heavy (non-hydrogen) atoms. The van der Waals surface area contributed by atoms with Gasteiger partial charge in [-0.3, -0.25) is 9.78 Å². The maximum absolute atomic E-state index is 12.6. The summed E-state index contributed by atoms with van der Waals surface area (Å²) in [5.41, 5.74) is 1.34. The summed E-state index contributed by atoms with van der Waals surface area (Å²) >= 11 is 1.94. The van der Waals surface area contributed by atoms with Crippen LogP contribution >= 0.6 is 11.8 Å². The van der Waals surface area contributed by atoms with Gasteiger partial charge in [0.2, 0.25) is 0 Å². The normalized spacial score (nSPS) is 29.6. The minimum absolute atomic E-state index is 0.0690. The lowest BCUT2D eigenvalue weighted by Crippen LogP contribution is -2.47. The number of aryl methyl sites for hydroxylation is 1. The van der Waals surface area contributed by atoms with E-state index < -0.39 is 0 Å². The summed E-state index contributed by atoms with van der Waals surface area (Å²) in [6, 6.07) is 0.818. The molecule has 2 aliphatic rings. The number of piperidine rings is 1. The van der Waals surface area contributed by atoms with Crippen molar-refractivity contribution >= 4 is 17.7 Å². The minimum atomic E-state index is 0.0690. The van der Waals surface area contributed by atoms with Gasteiger partial charge in [-0.05, 0) is 38.9 Å². The molecule has 1 aromatic rings. The van der Waals surface area contributed by atoms with Crippen LogP contribution in [-0.4, -0.2) is 44.4 Å². The number of fused-ring (bicyclic) bond motifs is 2. The summed E-state index contributed by atoms with van der Waals surface area (Å²) in [5, 5.41) is 0.714. The second kappa shape index (κ2) is 5.12. The number of carbonyl (C=O) groups excluding carboxylic acids is 1. The Kier molecular flexibility index (Phi) is 3.48. The van der Waals surface area contributed by atoms with E-state index in [4.69, 9.17) is 0 Å². The van der Waals surface area contributed by atoms with Crippen molar-refractivity contribution in [2.75, 3.05) is 6.26 Å². The predicted octanol–water partition coefficient (Wildman–Crippen LogP) is 2.28. The third-order valence-electron chi connectivity index (χ3n) is 4.26. The van der Waals surface area contributed by atoms with E-state index in [1.54, 1.807) is 12.4 Å². The average Bonchev–Trinajstić information content (AvgIpc) is 2.69. The number of hydrogen-bond donors (Lipinski definition) is 0. The summed E-state index contributed by atoms with van der Waals surface area (Å²) in [5.74, 6) is 0.0690. The first-order chi connectivity index (χ1) is 9.19. The van der Waals surface area contributed by atoms with E-state index >= 15 is 0 Å². The summed E-state index contributed by atoms with van der Waals surface area (Å²) in [6.07, 6.45) is 10.00. The van der Waals surface area contributed by atoms with Gasteiger partial charge in [0.05, 0.1) is 11.9 Å². The summed E-state index contributed by atoms with van der Waals surface area (Å²) in [7, 11) is 0. The van der Waals surface area contributed by atoms with Gasteiger partial charge in [0.15, 0.2) is 0 Å². The van der Waals surface area contributed by atoms with Gasteiger partial charge >= 0.3 is 0 Å². The Morgan fingerprint density at radius 2 is 1.95 bits per heavy atom. The van der Waals surface area contributed by atoms with E-state index in [0.717, 1.165) is 31.4 Å². The molecule has 2 atom stereocenters. The smallest absolute Gasteiger partial charge is 0.274 e. The Morgan fingerprint density at radius 3 is 2.47 bits per heavy atom. The van der Waals surface area contributed by atoms with E-state index in [1.165, 1.54) is 0 Å². The van der Waals surface area contributed by atoms with Gasteiger partial charge in [-0.15, -0.1) is 0 Å². The molecule has 0 N–H and O–H groups in total. The molecule has 102 valence electrons. The molecule has 2 unspecified atom stereocenters. The van der Waals surface area contributed by atoms with Crippen molar-refractivity contribution in [2.24, 2.45) is 0 Å². The molecule has 4 nitrogen and oxygen atoms in total. The molecule has 2 aliphatic heterocycles. The molecule has 0 spiro atoms. The standard InChI is InChI=1S/C14H19N3OS/c1-9-7-16-13(8-15-9)14(18)17-10-3-4-11(17)6-12(5-10)19-2/h7-8,10-12H,3-6H2,1-2H3. The zero-order valence-corrected chi connectivity index (χ0v) is 12.2. The van der Waals surface area contributed by atoms with Gasteiger partial charge in [0.25, 0.3) is 5.91 Å². The largest absolute Gasteiger partial charge is 0.331 e. The number of carbonyl (C=O) groups is 1. The van der Waals surface area contributed by atoms with Crippen LogP contribution in [0.3, 0.4) is 0 Å². The Bertz CT molecular complexity index is 462. The van der Waals surface area contributed by atoms with Gasteiger partial charge in [0.1, 0.15) is 5.69 Å². The van der Waals surface area contributed by atoms with Gasteiger partial charge < -0.3 is 4.90 Å². The summed E-state index contributed by atoms with van der Waals surface area (Å²) in [6.45, 7) is 1.88. The second-order valence-electron chi connectivity index (χ2n) is 5.47. The van der Waals surface area contributed by atoms with Gasteiger partial charge in [0, 0.05) is 23.5 Å². The van der Waals surface area contributed by atoms with E-state index in [1.807, 2.05) is 18.7 Å². The highest BCUT2D eigenvalue weighted by Gasteiger charge is 2.43. The van der Waals surface area contributed by atoms with E-state index in [2.05, 4.69) is 21.1 Å². The number of amides is 1. The molecule has 3 rings (SSSR count). The molecule has 1 aromatic heterocycles. The van der Waals surface area contributed by atoms with Crippen LogP contribution in [0.5, 0.6) is 0 Å². The monoisotopic (exact) mass is 277 g/mol. The third kappa shape index (κ3) is 2.36. The number of nitrogens with zero attached hydrogens (tertiary/aromatic N) is 3. The molecule has 0 radical (unpaired) electrons. The molecule has 0 aromatic carbocycles. The quantitative estimate of drug-likeness (QED) is 0.832. The van der Waals surface area contributed by atoms with Crippen LogP contribution in [0, 0.1) is 6.92 Å². The zero-order valence-electron chi connectivity index (χ0n) is 11.4. The second-order valence-corrected chi connectivity index (χ2v) is 6.61. The molecule has 1 amide bonds. The van der Waals surface area contributed by atoms with E-state index in [0.29, 0.717) is 23.0 Å². The van der Waals surface area contributed by atoms with Gasteiger partial charge in [-0.25, -0.2) is 4.98 Å². The van der Waals surface area contributed by atoms with Crippen LogP contribution in [0.2, 0.25) is 0 Å². The molecule has 5 heteroatoms. The maximum Gasteiger partial charge on any atom is 0.274 e. The summed E-state index contributed by atoms with van der Waals surface area (Å²) < 4.78 is 0.